The van der Waals surface area contributed by atoms with Crippen molar-refractivity contribution in [3.05, 3.63) is 11.9 Å². The second kappa shape index (κ2) is 6.39. The Morgan fingerprint density at radius 2 is 2.26 bits per heavy atom. The smallest absolute Gasteiger partial charge is 0.229 e. The summed E-state index contributed by atoms with van der Waals surface area (Å²) >= 11 is 0. The molecule has 3 fully saturated rings. The van der Waals surface area contributed by atoms with Crippen LogP contribution in [-0.2, 0) is 11.3 Å². The predicted molar refractivity (Wildman–Crippen MR) is 84.0 cm³/mol. The standard InChI is InChI=1S/C16H25N5O2/c1-10(2)17-16(23)14-8-20-5-4-12(14)6-13(20)7-21-9-15(11(3)22)18-19-21/h9-10,12-14H,4-8H2,1-3H3,(H,17,23)/p+1/t12-,13+,14-/m0/s1. The quantitative estimate of drug-likeness (QED) is 0.703. The van der Waals surface area contributed by atoms with Crippen molar-refractivity contribution in [3.8, 4) is 0 Å². The number of aromatic nitrogens is 3. The summed E-state index contributed by atoms with van der Waals surface area (Å²) in [7, 11) is 0. The maximum absolute atomic E-state index is 12.4. The van der Waals surface area contributed by atoms with Crippen molar-refractivity contribution in [3.63, 3.8) is 0 Å². The fraction of sp³-hybridized carbons (Fsp3) is 0.750. The van der Waals surface area contributed by atoms with Crippen molar-refractivity contribution in [2.24, 2.45) is 11.8 Å². The SMILES string of the molecule is CC(=O)c1cn(C[C@H]2C[C@@H]3CC[NH+]2C[C@@H]3C(=O)NC(C)C)nn1. The average molecular weight is 320 g/mol. The molecule has 4 heterocycles. The number of hydrogen-bond acceptors (Lipinski definition) is 4. The summed E-state index contributed by atoms with van der Waals surface area (Å²) in [6, 6.07) is 0.655. The lowest BCUT2D eigenvalue weighted by Crippen LogP contribution is -3.20. The van der Waals surface area contributed by atoms with Crippen molar-refractivity contribution in [1.82, 2.24) is 20.3 Å². The topological polar surface area (TPSA) is 81.3 Å². The molecule has 4 atom stereocenters. The molecule has 1 aromatic heterocycles. The second-order valence-corrected chi connectivity index (χ2v) is 7.25. The summed E-state index contributed by atoms with van der Waals surface area (Å²) in [6.45, 7) is 8.31. The number of amides is 1. The van der Waals surface area contributed by atoms with Crippen LogP contribution in [0.2, 0.25) is 0 Å². The van der Waals surface area contributed by atoms with Crippen molar-refractivity contribution < 1.29 is 14.5 Å². The van der Waals surface area contributed by atoms with E-state index in [4.69, 9.17) is 0 Å². The Hall–Kier alpha value is -1.76. The highest BCUT2D eigenvalue weighted by Crippen LogP contribution is 2.27. The molecular formula is C16H26N5O2+. The Morgan fingerprint density at radius 3 is 2.83 bits per heavy atom. The first-order valence-electron chi connectivity index (χ1n) is 8.50. The first kappa shape index (κ1) is 16.1. The van der Waals surface area contributed by atoms with Gasteiger partial charge in [0.1, 0.15) is 11.7 Å². The van der Waals surface area contributed by atoms with Crippen LogP contribution in [0.5, 0.6) is 0 Å². The van der Waals surface area contributed by atoms with E-state index in [1.807, 2.05) is 13.8 Å². The molecule has 7 nitrogen and oxygen atoms in total. The Balaban J connectivity index is 1.62. The zero-order chi connectivity index (χ0) is 16.6. The second-order valence-electron chi connectivity index (χ2n) is 7.25. The molecule has 0 aliphatic carbocycles. The molecule has 2 bridgehead atoms. The van der Waals surface area contributed by atoms with Crippen molar-refractivity contribution in [2.75, 3.05) is 13.1 Å². The molecule has 0 saturated carbocycles. The average Bonchev–Trinajstić information content (AvgIpc) is 2.96. The number of ketones is 1. The van der Waals surface area contributed by atoms with Gasteiger partial charge >= 0.3 is 0 Å². The number of rotatable bonds is 5. The molecule has 3 saturated heterocycles. The molecule has 1 aromatic rings. The number of Topliss-reactive ketones (excluding diaryl/α,β-unsaturated/α-hetero) is 1. The summed E-state index contributed by atoms with van der Waals surface area (Å²) < 4.78 is 1.78. The van der Waals surface area contributed by atoms with Crippen molar-refractivity contribution >= 4 is 11.7 Å². The highest BCUT2D eigenvalue weighted by Gasteiger charge is 2.46. The van der Waals surface area contributed by atoms with E-state index < -0.39 is 0 Å². The van der Waals surface area contributed by atoms with E-state index in [1.165, 1.54) is 11.8 Å². The van der Waals surface area contributed by atoms with Gasteiger partial charge in [-0.25, -0.2) is 4.68 Å². The number of fused-ring (bicyclic) bond motifs is 3. The molecule has 0 aromatic carbocycles. The van der Waals surface area contributed by atoms with E-state index in [-0.39, 0.29) is 23.7 Å². The number of nitrogens with zero attached hydrogens (tertiary/aromatic N) is 3. The van der Waals surface area contributed by atoms with Crippen LogP contribution in [0.15, 0.2) is 6.20 Å². The lowest BCUT2D eigenvalue weighted by Gasteiger charge is -2.46. The highest BCUT2D eigenvalue weighted by atomic mass is 16.2. The van der Waals surface area contributed by atoms with Gasteiger partial charge in [-0.1, -0.05) is 5.21 Å². The molecule has 2 N–H and O–H groups in total. The van der Waals surface area contributed by atoms with Crippen LogP contribution in [0.1, 0.15) is 44.1 Å². The van der Waals surface area contributed by atoms with Crippen LogP contribution in [0.3, 0.4) is 0 Å². The molecule has 3 aliphatic rings. The Bertz CT molecular complexity index is 597. The van der Waals surface area contributed by atoms with Crippen molar-refractivity contribution in [2.45, 2.75) is 52.2 Å². The van der Waals surface area contributed by atoms with Gasteiger partial charge in [-0.3, -0.25) is 9.59 Å². The van der Waals surface area contributed by atoms with E-state index in [2.05, 4.69) is 15.6 Å². The van der Waals surface area contributed by atoms with E-state index >= 15 is 0 Å². The van der Waals surface area contributed by atoms with E-state index in [9.17, 15) is 9.59 Å². The normalized spacial score (nSPS) is 29.7. The van der Waals surface area contributed by atoms with E-state index in [0.717, 1.165) is 32.5 Å². The number of carbonyl (C=O) groups excluding carboxylic acids is 2. The molecule has 7 heteroatoms. The fourth-order valence-corrected chi connectivity index (χ4v) is 3.98. The molecule has 1 unspecified atom stereocenters. The first-order chi connectivity index (χ1) is 10.9. The Kier molecular flexibility index (Phi) is 4.48. The third-order valence-corrected chi connectivity index (χ3v) is 5.13. The minimum absolute atomic E-state index is 0.0560. The van der Waals surface area contributed by atoms with E-state index in [1.54, 1.807) is 10.9 Å². The summed E-state index contributed by atoms with van der Waals surface area (Å²) in [5.74, 6) is 0.757. The van der Waals surface area contributed by atoms with Gasteiger partial charge in [0.05, 0.1) is 31.7 Å². The minimum atomic E-state index is -0.0560. The Labute approximate surface area is 136 Å². The number of piperidine rings is 3. The van der Waals surface area contributed by atoms with Crippen LogP contribution in [-0.4, -0.2) is 51.9 Å². The first-order valence-corrected chi connectivity index (χ1v) is 8.50. The van der Waals surface area contributed by atoms with Gasteiger partial charge in [-0.2, -0.15) is 0 Å². The molecule has 4 rings (SSSR count). The third kappa shape index (κ3) is 3.44. The molecule has 23 heavy (non-hydrogen) atoms. The lowest BCUT2D eigenvalue weighted by molar-refractivity contribution is -0.945. The number of nitrogens with one attached hydrogen (secondary N) is 2. The van der Waals surface area contributed by atoms with Gasteiger partial charge in [0.15, 0.2) is 5.78 Å². The van der Waals surface area contributed by atoms with Gasteiger partial charge in [0.2, 0.25) is 5.91 Å². The zero-order valence-electron chi connectivity index (χ0n) is 14.1. The molecule has 0 radical (unpaired) electrons. The van der Waals surface area contributed by atoms with Crippen LogP contribution in [0, 0.1) is 11.8 Å². The maximum Gasteiger partial charge on any atom is 0.229 e. The van der Waals surface area contributed by atoms with Crippen LogP contribution < -0.4 is 10.2 Å². The van der Waals surface area contributed by atoms with E-state index in [0.29, 0.717) is 17.7 Å². The molecule has 126 valence electrons. The highest BCUT2D eigenvalue weighted by molar-refractivity contribution is 5.91. The number of quaternary nitrogens is 1. The Morgan fingerprint density at radius 1 is 1.48 bits per heavy atom. The monoisotopic (exact) mass is 320 g/mol. The molecule has 1 amide bonds. The van der Waals surface area contributed by atoms with Gasteiger partial charge < -0.3 is 10.2 Å². The fourth-order valence-electron chi connectivity index (χ4n) is 3.98. The molecular weight excluding hydrogens is 294 g/mol. The van der Waals surface area contributed by atoms with Gasteiger partial charge in [-0.05, 0) is 19.8 Å². The number of hydrogen-bond donors (Lipinski definition) is 2. The third-order valence-electron chi connectivity index (χ3n) is 5.13. The van der Waals surface area contributed by atoms with Crippen LogP contribution >= 0.6 is 0 Å². The lowest BCUT2D eigenvalue weighted by atomic mass is 9.75. The summed E-state index contributed by atoms with van der Waals surface area (Å²) in [5, 5.41) is 11.0. The summed E-state index contributed by atoms with van der Waals surface area (Å²) in [5.41, 5.74) is 0.421. The molecule has 0 spiro atoms. The van der Waals surface area contributed by atoms with Crippen molar-refractivity contribution in [1.29, 1.82) is 0 Å². The molecule has 3 aliphatic heterocycles. The van der Waals surface area contributed by atoms with Crippen LogP contribution in [0.25, 0.3) is 0 Å². The number of carbonyl (C=O) groups is 2. The van der Waals surface area contributed by atoms with Crippen LogP contribution in [0.4, 0.5) is 0 Å². The maximum atomic E-state index is 12.4. The van der Waals surface area contributed by atoms with Gasteiger partial charge in [0.25, 0.3) is 0 Å². The largest absolute Gasteiger partial charge is 0.353 e. The minimum Gasteiger partial charge on any atom is -0.353 e. The summed E-state index contributed by atoms with van der Waals surface area (Å²) in [4.78, 5) is 25.2. The summed E-state index contributed by atoms with van der Waals surface area (Å²) in [6.07, 6.45) is 3.90. The predicted octanol–water partition coefficient (Wildman–Crippen LogP) is -0.701. The van der Waals surface area contributed by atoms with Gasteiger partial charge in [0, 0.05) is 25.8 Å². The zero-order valence-corrected chi connectivity index (χ0v) is 14.1. The van der Waals surface area contributed by atoms with Gasteiger partial charge in [-0.15, -0.1) is 5.10 Å².